The molecule has 5 rings (SSSR count). The maximum absolute atomic E-state index is 13.2. The fourth-order valence-corrected chi connectivity index (χ4v) is 3.96. The second kappa shape index (κ2) is 7.51. The van der Waals surface area contributed by atoms with Crippen molar-refractivity contribution in [2.75, 3.05) is 5.75 Å². The Labute approximate surface area is 180 Å². The highest BCUT2D eigenvalue weighted by molar-refractivity contribution is 7.99. The van der Waals surface area contributed by atoms with E-state index < -0.39 is 0 Å². The van der Waals surface area contributed by atoms with Gasteiger partial charge in [0, 0.05) is 18.1 Å². The lowest BCUT2D eigenvalue weighted by atomic mass is 10.1. The Morgan fingerprint density at radius 1 is 0.903 bits per heavy atom. The van der Waals surface area contributed by atoms with Gasteiger partial charge in [0.05, 0.1) is 21.8 Å². The summed E-state index contributed by atoms with van der Waals surface area (Å²) in [6, 6.07) is 12.8. The van der Waals surface area contributed by atoms with E-state index in [0.29, 0.717) is 32.9 Å². The molecule has 0 amide bonds. The van der Waals surface area contributed by atoms with Crippen molar-refractivity contribution in [3.05, 3.63) is 81.1 Å². The zero-order valence-electron chi connectivity index (χ0n) is 16.9. The Kier molecular flexibility index (Phi) is 4.67. The molecule has 0 radical (unpaired) electrons. The molecule has 4 heterocycles. The van der Waals surface area contributed by atoms with Gasteiger partial charge in [-0.05, 0) is 43.0 Å². The quantitative estimate of drug-likeness (QED) is 0.347. The van der Waals surface area contributed by atoms with Crippen LogP contribution in [-0.2, 0) is 0 Å². The van der Waals surface area contributed by atoms with Gasteiger partial charge in [-0.2, -0.15) is 4.98 Å². The molecule has 0 atom stereocenters. The molecule has 4 aromatic heterocycles. The zero-order valence-corrected chi connectivity index (χ0v) is 17.7. The number of fused-ring (bicyclic) bond motifs is 2. The summed E-state index contributed by atoms with van der Waals surface area (Å²) in [6.45, 7) is 4.00. The molecule has 0 saturated heterocycles. The number of pyridine rings is 3. The molecule has 0 aliphatic carbocycles. The molecule has 0 spiro atoms. The van der Waals surface area contributed by atoms with Crippen LogP contribution in [0.5, 0.6) is 0 Å². The van der Waals surface area contributed by atoms with Crippen molar-refractivity contribution in [2.24, 2.45) is 0 Å². The highest BCUT2D eigenvalue weighted by atomic mass is 32.2. The van der Waals surface area contributed by atoms with Crippen molar-refractivity contribution >= 4 is 33.6 Å². The molecule has 1 N–H and O–H groups in total. The highest BCUT2D eigenvalue weighted by Crippen LogP contribution is 2.17. The van der Waals surface area contributed by atoms with Gasteiger partial charge in [0.15, 0.2) is 0 Å². The number of benzene rings is 1. The van der Waals surface area contributed by atoms with Crippen LogP contribution in [0.3, 0.4) is 0 Å². The second-order valence-electron chi connectivity index (χ2n) is 7.05. The van der Waals surface area contributed by atoms with E-state index in [1.54, 1.807) is 35.2 Å². The molecule has 5 aromatic rings. The van der Waals surface area contributed by atoms with Crippen LogP contribution in [0.2, 0.25) is 0 Å². The minimum Gasteiger partial charge on any atom is -0.284 e. The third kappa shape index (κ3) is 3.32. The Morgan fingerprint density at radius 3 is 2.23 bits per heavy atom. The zero-order chi connectivity index (χ0) is 21.5. The van der Waals surface area contributed by atoms with E-state index in [-0.39, 0.29) is 11.1 Å². The molecule has 1 aromatic carbocycles. The first-order valence-electron chi connectivity index (χ1n) is 9.75. The molecule has 0 unspecified atom stereocenters. The van der Waals surface area contributed by atoms with Gasteiger partial charge >= 0.3 is 0 Å². The van der Waals surface area contributed by atoms with Gasteiger partial charge in [-0.1, -0.05) is 36.4 Å². The van der Waals surface area contributed by atoms with Gasteiger partial charge in [-0.3, -0.25) is 18.7 Å². The topological polar surface area (TPSA) is 98.5 Å². The summed E-state index contributed by atoms with van der Waals surface area (Å²) in [4.78, 5) is 35.2. The number of nitrogens with zero attached hydrogens (tertiary/aromatic N) is 5. The summed E-state index contributed by atoms with van der Waals surface area (Å²) in [5.74, 6) is 1.15. The number of thioether (sulfide) groups is 1. The number of aryl methyl sites for hydroxylation is 1. The van der Waals surface area contributed by atoms with Crippen LogP contribution in [0.4, 0.5) is 0 Å². The Morgan fingerprint density at radius 2 is 1.55 bits per heavy atom. The van der Waals surface area contributed by atoms with E-state index in [2.05, 4.69) is 20.2 Å². The van der Waals surface area contributed by atoms with E-state index in [9.17, 15) is 9.59 Å². The van der Waals surface area contributed by atoms with E-state index in [1.165, 1.54) is 16.3 Å². The normalized spacial score (nSPS) is 11.4. The summed E-state index contributed by atoms with van der Waals surface area (Å²) in [6.07, 6.45) is 3.31. The van der Waals surface area contributed by atoms with E-state index in [4.69, 9.17) is 0 Å². The number of nitrogens with one attached hydrogen (secondary N) is 1. The molecule has 0 fully saturated rings. The number of hydrogen-bond acceptors (Lipinski definition) is 6. The molecule has 9 heteroatoms. The SMILES string of the molecule is CCSc1n[nH]c(-n2ccc3nc4ccn(-c5ccc(C)cc5)c(=O)c4cc3c2=O)n1. The Hall–Kier alpha value is -3.72. The highest BCUT2D eigenvalue weighted by Gasteiger charge is 2.13. The van der Waals surface area contributed by atoms with Crippen molar-refractivity contribution in [1.29, 1.82) is 0 Å². The van der Waals surface area contributed by atoms with Crippen LogP contribution < -0.4 is 11.1 Å². The maximum Gasteiger partial charge on any atom is 0.266 e. The first-order valence-corrected chi connectivity index (χ1v) is 10.7. The largest absolute Gasteiger partial charge is 0.284 e. The molecule has 0 aliphatic heterocycles. The molecule has 0 saturated carbocycles. The molecule has 0 aliphatic rings. The van der Waals surface area contributed by atoms with Crippen molar-refractivity contribution in [1.82, 2.24) is 29.3 Å². The summed E-state index contributed by atoms with van der Waals surface area (Å²) < 4.78 is 2.94. The van der Waals surface area contributed by atoms with E-state index in [1.807, 2.05) is 38.1 Å². The Balaban J connectivity index is 1.70. The van der Waals surface area contributed by atoms with Crippen molar-refractivity contribution < 1.29 is 0 Å². The molecule has 154 valence electrons. The second-order valence-corrected chi connectivity index (χ2v) is 8.28. The minimum absolute atomic E-state index is 0.230. The first-order chi connectivity index (χ1) is 15.0. The molecular formula is C22H18N6O2S. The van der Waals surface area contributed by atoms with Gasteiger partial charge in [-0.25, -0.2) is 10.1 Å². The summed E-state index contributed by atoms with van der Waals surface area (Å²) in [5, 5.41) is 8.20. The summed E-state index contributed by atoms with van der Waals surface area (Å²) in [5.41, 5.74) is 2.38. The predicted octanol–water partition coefficient (Wildman–Crippen LogP) is 3.23. The van der Waals surface area contributed by atoms with Crippen LogP contribution in [0, 0.1) is 6.92 Å². The first kappa shape index (κ1) is 19.3. The maximum atomic E-state index is 13.2. The molecule has 0 bridgehead atoms. The summed E-state index contributed by atoms with van der Waals surface area (Å²) in [7, 11) is 0. The number of aromatic nitrogens is 6. The number of H-pyrrole nitrogens is 1. The van der Waals surface area contributed by atoms with Crippen LogP contribution in [-0.4, -0.2) is 35.1 Å². The standard InChI is InChI=1S/C22H18N6O2S/c1-3-31-22-24-21(25-26-22)28-11-9-18-16(20(28)30)12-15-17(23-18)8-10-27(19(15)29)14-6-4-13(2)5-7-14/h4-12H,3H2,1-2H3,(H,24,25,26). The monoisotopic (exact) mass is 430 g/mol. The average molecular weight is 430 g/mol. The van der Waals surface area contributed by atoms with Gasteiger partial charge < -0.3 is 0 Å². The number of aromatic amines is 1. The molecule has 31 heavy (non-hydrogen) atoms. The van der Waals surface area contributed by atoms with Gasteiger partial charge in [0.2, 0.25) is 11.1 Å². The third-order valence-electron chi connectivity index (χ3n) is 5.01. The predicted molar refractivity (Wildman–Crippen MR) is 122 cm³/mol. The lowest BCUT2D eigenvalue weighted by molar-refractivity contribution is 0.901. The number of rotatable bonds is 4. The summed E-state index contributed by atoms with van der Waals surface area (Å²) >= 11 is 1.48. The van der Waals surface area contributed by atoms with Gasteiger partial charge in [0.1, 0.15) is 0 Å². The van der Waals surface area contributed by atoms with Gasteiger partial charge in [-0.15, -0.1) is 5.10 Å². The fourth-order valence-electron chi connectivity index (χ4n) is 3.44. The average Bonchev–Trinajstić information content (AvgIpc) is 3.23. The molecule has 8 nitrogen and oxygen atoms in total. The van der Waals surface area contributed by atoms with Crippen molar-refractivity contribution in [3.8, 4) is 11.6 Å². The van der Waals surface area contributed by atoms with Crippen LogP contribution in [0.25, 0.3) is 33.4 Å². The smallest absolute Gasteiger partial charge is 0.266 e. The van der Waals surface area contributed by atoms with E-state index >= 15 is 0 Å². The minimum atomic E-state index is -0.318. The molecular weight excluding hydrogens is 412 g/mol. The third-order valence-corrected chi connectivity index (χ3v) is 5.74. The van der Waals surface area contributed by atoms with Crippen LogP contribution in [0.1, 0.15) is 12.5 Å². The lowest BCUT2D eigenvalue weighted by Gasteiger charge is -2.09. The Bertz CT molecular complexity index is 1550. The fraction of sp³-hybridized carbons (Fsp3) is 0.136. The van der Waals surface area contributed by atoms with E-state index in [0.717, 1.165) is 17.0 Å². The number of hydrogen-bond donors (Lipinski definition) is 1. The van der Waals surface area contributed by atoms with Crippen molar-refractivity contribution in [2.45, 2.75) is 19.0 Å². The van der Waals surface area contributed by atoms with Gasteiger partial charge in [0.25, 0.3) is 11.1 Å². The van der Waals surface area contributed by atoms with Crippen LogP contribution in [0.15, 0.2) is 69.6 Å². The van der Waals surface area contributed by atoms with Crippen molar-refractivity contribution in [3.63, 3.8) is 0 Å². The van der Waals surface area contributed by atoms with Crippen LogP contribution >= 0.6 is 11.8 Å². The lowest BCUT2D eigenvalue weighted by Crippen LogP contribution is -2.21.